The molecular formula is C8H11N7O2S. The van der Waals surface area contributed by atoms with E-state index in [4.69, 9.17) is 15.0 Å². The highest BCUT2D eigenvalue weighted by molar-refractivity contribution is 7.98. The van der Waals surface area contributed by atoms with Crippen LogP contribution in [0.15, 0.2) is 14.8 Å². The van der Waals surface area contributed by atoms with E-state index in [-0.39, 0.29) is 12.0 Å². The van der Waals surface area contributed by atoms with Gasteiger partial charge in [-0.05, 0) is 6.92 Å². The smallest absolute Gasteiger partial charge is 0.322 e. The third kappa shape index (κ3) is 3.05. The molecule has 18 heavy (non-hydrogen) atoms. The van der Waals surface area contributed by atoms with E-state index in [0.29, 0.717) is 22.9 Å². The SMILES string of the molecule is CCOc1nc(NN)nc(Sc2nnc(C)o2)n1. The molecule has 0 aliphatic carbocycles. The fourth-order valence-electron chi connectivity index (χ4n) is 1.04. The van der Waals surface area contributed by atoms with E-state index in [2.05, 4.69) is 30.6 Å². The van der Waals surface area contributed by atoms with Gasteiger partial charge in [-0.2, -0.15) is 15.0 Å². The standard InChI is InChI=1S/C8H11N7O2S/c1-3-16-6-10-5(13-9)11-7(12-6)18-8-15-14-4(2)17-8/h3,9H2,1-2H3,(H,10,11,12,13). The molecule has 9 nitrogen and oxygen atoms in total. The van der Waals surface area contributed by atoms with Crippen LogP contribution in [0, 0.1) is 6.92 Å². The Kier molecular flexibility index (Phi) is 3.89. The zero-order chi connectivity index (χ0) is 13.0. The molecule has 0 atom stereocenters. The predicted molar refractivity (Wildman–Crippen MR) is 62.0 cm³/mol. The van der Waals surface area contributed by atoms with Crippen molar-refractivity contribution in [2.75, 3.05) is 12.0 Å². The molecule has 2 rings (SSSR count). The highest BCUT2D eigenvalue weighted by atomic mass is 32.2. The monoisotopic (exact) mass is 269 g/mol. The Morgan fingerprint density at radius 1 is 1.33 bits per heavy atom. The van der Waals surface area contributed by atoms with Crippen molar-refractivity contribution in [3.63, 3.8) is 0 Å². The summed E-state index contributed by atoms with van der Waals surface area (Å²) in [4.78, 5) is 12.0. The molecule has 10 heteroatoms. The minimum absolute atomic E-state index is 0.180. The Morgan fingerprint density at radius 3 is 2.78 bits per heavy atom. The first-order valence-electron chi connectivity index (χ1n) is 5.04. The van der Waals surface area contributed by atoms with E-state index in [1.165, 1.54) is 0 Å². The molecule has 2 aromatic rings. The lowest BCUT2D eigenvalue weighted by Crippen LogP contribution is -2.12. The Bertz CT molecular complexity index is 532. The lowest BCUT2D eigenvalue weighted by atomic mass is 10.8. The molecule has 0 unspecified atom stereocenters. The molecule has 0 fully saturated rings. The molecular weight excluding hydrogens is 258 g/mol. The topological polar surface area (TPSA) is 125 Å². The van der Waals surface area contributed by atoms with Crippen molar-refractivity contribution in [1.29, 1.82) is 0 Å². The van der Waals surface area contributed by atoms with Crippen LogP contribution in [-0.4, -0.2) is 31.8 Å². The number of ether oxygens (including phenoxy) is 1. The van der Waals surface area contributed by atoms with E-state index < -0.39 is 0 Å². The summed E-state index contributed by atoms with van der Waals surface area (Å²) < 4.78 is 10.4. The zero-order valence-corrected chi connectivity index (χ0v) is 10.6. The highest BCUT2D eigenvalue weighted by Crippen LogP contribution is 2.24. The Hall–Kier alpha value is -1.94. The average Bonchev–Trinajstić information content (AvgIpc) is 2.75. The van der Waals surface area contributed by atoms with Crippen LogP contribution in [0.5, 0.6) is 6.01 Å². The second-order valence-electron chi connectivity index (χ2n) is 2.99. The average molecular weight is 269 g/mol. The van der Waals surface area contributed by atoms with Gasteiger partial charge in [0.2, 0.25) is 17.0 Å². The largest absolute Gasteiger partial charge is 0.464 e. The van der Waals surface area contributed by atoms with Gasteiger partial charge >= 0.3 is 6.01 Å². The molecule has 0 aliphatic heterocycles. The fraction of sp³-hybridized carbons (Fsp3) is 0.375. The number of hydrazine groups is 1. The van der Waals surface area contributed by atoms with E-state index >= 15 is 0 Å². The number of rotatable bonds is 5. The Balaban J connectivity index is 2.23. The van der Waals surface area contributed by atoms with Crippen LogP contribution in [0.4, 0.5) is 5.95 Å². The van der Waals surface area contributed by atoms with Crippen LogP contribution in [0.3, 0.4) is 0 Å². The number of aryl methyl sites for hydroxylation is 1. The normalized spacial score (nSPS) is 10.4. The second kappa shape index (κ2) is 5.60. The van der Waals surface area contributed by atoms with Crippen LogP contribution in [0.1, 0.15) is 12.8 Å². The maximum atomic E-state index is 5.26. The minimum Gasteiger partial charge on any atom is -0.464 e. The number of hydrogen-bond acceptors (Lipinski definition) is 10. The van der Waals surface area contributed by atoms with Crippen LogP contribution in [0.25, 0.3) is 0 Å². The molecule has 96 valence electrons. The van der Waals surface area contributed by atoms with Crippen LogP contribution in [-0.2, 0) is 0 Å². The van der Waals surface area contributed by atoms with Crippen molar-refractivity contribution < 1.29 is 9.15 Å². The summed E-state index contributed by atoms with van der Waals surface area (Å²) in [6, 6.07) is 0.180. The number of anilines is 1. The number of nitrogens with zero attached hydrogens (tertiary/aromatic N) is 5. The van der Waals surface area contributed by atoms with Gasteiger partial charge in [0.05, 0.1) is 6.61 Å². The molecule has 0 saturated carbocycles. The van der Waals surface area contributed by atoms with Crippen molar-refractivity contribution >= 4 is 17.7 Å². The van der Waals surface area contributed by atoms with Gasteiger partial charge in [0, 0.05) is 18.7 Å². The maximum Gasteiger partial charge on any atom is 0.322 e. The Labute approximate surface area is 107 Å². The molecule has 3 N–H and O–H groups in total. The maximum absolute atomic E-state index is 5.26. The number of hydrogen-bond donors (Lipinski definition) is 2. The van der Waals surface area contributed by atoms with E-state index in [0.717, 1.165) is 11.8 Å². The summed E-state index contributed by atoms with van der Waals surface area (Å²) in [5, 5.41) is 8.22. The molecule has 0 aliphatic rings. The number of aromatic nitrogens is 5. The van der Waals surface area contributed by atoms with E-state index in [1.807, 2.05) is 6.92 Å². The van der Waals surface area contributed by atoms with Gasteiger partial charge in [0.15, 0.2) is 0 Å². The molecule has 0 radical (unpaired) electrons. The van der Waals surface area contributed by atoms with E-state index in [9.17, 15) is 0 Å². The van der Waals surface area contributed by atoms with E-state index in [1.54, 1.807) is 6.92 Å². The van der Waals surface area contributed by atoms with Crippen molar-refractivity contribution in [2.24, 2.45) is 5.84 Å². The third-order valence-corrected chi connectivity index (χ3v) is 2.39. The van der Waals surface area contributed by atoms with Crippen LogP contribution < -0.4 is 16.0 Å². The summed E-state index contributed by atoms with van der Waals surface area (Å²) >= 11 is 1.10. The van der Waals surface area contributed by atoms with Crippen molar-refractivity contribution in [3.8, 4) is 6.01 Å². The summed E-state index contributed by atoms with van der Waals surface area (Å²) in [6.45, 7) is 3.97. The fourth-order valence-corrected chi connectivity index (χ4v) is 1.70. The first-order valence-corrected chi connectivity index (χ1v) is 5.86. The minimum atomic E-state index is 0.180. The lowest BCUT2D eigenvalue weighted by Gasteiger charge is -2.04. The first-order chi connectivity index (χ1) is 8.71. The molecule has 0 aromatic carbocycles. The molecule has 2 aromatic heterocycles. The van der Waals surface area contributed by atoms with Crippen LogP contribution >= 0.6 is 11.8 Å². The second-order valence-corrected chi connectivity index (χ2v) is 3.91. The van der Waals surface area contributed by atoms with Gasteiger partial charge in [-0.3, -0.25) is 5.43 Å². The molecule has 0 bridgehead atoms. The highest BCUT2D eigenvalue weighted by Gasteiger charge is 2.11. The molecule has 0 amide bonds. The predicted octanol–water partition coefficient (Wildman–Crippen LogP) is 0.399. The molecule has 2 heterocycles. The van der Waals surface area contributed by atoms with Crippen molar-refractivity contribution in [1.82, 2.24) is 25.1 Å². The van der Waals surface area contributed by atoms with Crippen LogP contribution in [0.2, 0.25) is 0 Å². The van der Waals surface area contributed by atoms with Gasteiger partial charge in [-0.25, -0.2) is 5.84 Å². The quantitative estimate of drug-likeness (QED) is 0.581. The van der Waals surface area contributed by atoms with Gasteiger partial charge in [0.25, 0.3) is 5.22 Å². The van der Waals surface area contributed by atoms with Gasteiger partial charge in [-0.1, -0.05) is 0 Å². The first kappa shape index (κ1) is 12.5. The zero-order valence-electron chi connectivity index (χ0n) is 9.75. The van der Waals surface area contributed by atoms with Crippen molar-refractivity contribution in [3.05, 3.63) is 5.89 Å². The number of nitrogen functional groups attached to an aromatic ring is 1. The number of nitrogens with two attached hydrogens (primary N) is 1. The van der Waals surface area contributed by atoms with Gasteiger partial charge in [-0.15, -0.1) is 10.2 Å². The molecule has 0 spiro atoms. The third-order valence-electron chi connectivity index (χ3n) is 1.68. The number of nitrogens with one attached hydrogen (secondary N) is 1. The molecule has 0 saturated heterocycles. The van der Waals surface area contributed by atoms with Gasteiger partial charge < -0.3 is 9.15 Å². The van der Waals surface area contributed by atoms with Gasteiger partial charge in [0.1, 0.15) is 0 Å². The summed E-state index contributed by atoms with van der Waals surface area (Å²) in [5.41, 5.74) is 2.33. The summed E-state index contributed by atoms with van der Waals surface area (Å²) in [6.07, 6.45) is 0. The summed E-state index contributed by atoms with van der Waals surface area (Å²) in [7, 11) is 0. The van der Waals surface area contributed by atoms with Crippen molar-refractivity contribution in [2.45, 2.75) is 24.2 Å². The summed E-state index contributed by atoms with van der Waals surface area (Å²) in [5.74, 6) is 5.93. The Morgan fingerprint density at radius 2 is 2.17 bits per heavy atom. The lowest BCUT2D eigenvalue weighted by molar-refractivity contribution is 0.308.